The second-order valence-corrected chi connectivity index (χ2v) is 10.4. The average Bonchev–Trinajstić information content (AvgIpc) is 3.36. The van der Waals surface area contributed by atoms with Crippen molar-refractivity contribution in [3.63, 3.8) is 0 Å². The summed E-state index contributed by atoms with van der Waals surface area (Å²) >= 11 is 0. The zero-order chi connectivity index (χ0) is 27.0. The lowest BCUT2D eigenvalue weighted by Crippen LogP contribution is -2.44. The van der Waals surface area contributed by atoms with Gasteiger partial charge >= 0.3 is 13.7 Å². The minimum Gasteiger partial charge on any atom is -0.468 e. The summed E-state index contributed by atoms with van der Waals surface area (Å²) in [7, 11) is -3.01. The van der Waals surface area contributed by atoms with E-state index in [9.17, 15) is 19.6 Å². The van der Waals surface area contributed by atoms with E-state index in [1.54, 1.807) is 42.6 Å². The van der Waals surface area contributed by atoms with E-state index in [2.05, 4.69) is 19.8 Å². The summed E-state index contributed by atoms with van der Waals surface area (Å²) < 4.78 is 36.8. The molecule has 0 bridgehead atoms. The molecule has 1 saturated heterocycles. The molecule has 6 unspecified atom stereocenters. The summed E-state index contributed by atoms with van der Waals surface area (Å²) in [6.07, 6.45) is -2.21. The smallest absolute Gasteiger partial charge is 0.459 e. The summed E-state index contributed by atoms with van der Waals surface area (Å²) in [5, 5.41) is 25.0. The van der Waals surface area contributed by atoms with E-state index < -0.39 is 50.4 Å². The van der Waals surface area contributed by atoms with Crippen LogP contribution in [0.4, 0.5) is 11.8 Å². The number of rotatable bonds is 9. The molecule has 37 heavy (non-hydrogen) atoms. The van der Waals surface area contributed by atoms with E-state index in [0.717, 1.165) is 0 Å². The van der Waals surface area contributed by atoms with Crippen LogP contribution in [-0.2, 0) is 23.4 Å². The number of carbonyl (C=O) groups excluding carboxylic acids is 1. The third kappa shape index (κ3) is 5.39. The van der Waals surface area contributed by atoms with Crippen molar-refractivity contribution < 1.29 is 38.1 Å². The molecule has 0 amide bonds. The zero-order valence-electron chi connectivity index (χ0n) is 20.3. The maximum absolute atomic E-state index is 13.6. The summed E-state index contributed by atoms with van der Waals surface area (Å²) in [6.45, 7) is 2.32. The largest absolute Gasteiger partial charge is 0.468 e. The molecular weight excluding hydrogens is 507 g/mol. The van der Waals surface area contributed by atoms with E-state index >= 15 is 0 Å². The maximum Gasteiger partial charge on any atom is 0.459 e. The number of nitrogens with two attached hydrogens (primary N) is 2. The quantitative estimate of drug-likeness (QED) is 0.191. The van der Waals surface area contributed by atoms with Gasteiger partial charge in [-0.15, -0.1) is 0 Å². The number of aromatic nitrogens is 3. The van der Waals surface area contributed by atoms with Crippen LogP contribution in [0.2, 0.25) is 0 Å². The Morgan fingerprint density at radius 3 is 2.68 bits per heavy atom. The van der Waals surface area contributed by atoms with Crippen LogP contribution in [0.3, 0.4) is 0 Å². The van der Waals surface area contributed by atoms with Gasteiger partial charge in [-0.2, -0.15) is 15.1 Å². The second kappa shape index (κ2) is 10.2. The molecule has 1 aromatic carbocycles. The minimum absolute atomic E-state index is 0.0761. The highest BCUT2D eigenvalue weighted by Gasteiger charge is 2.54. The Morgan fingerprint density at radius 1 is 1.30 bits per heavy atom. The molecule has 0 saturated carbocycles. The molecule has 200 valence electrons. The number of hydrogen-bond donors (Lipinski definition) is 5. The Hall–Kier alpha value is -3.26. The molecule has 1 fully saturated rings. The first kappa shape index (κ1) is 26.8. The first-order chi connectivity index (χ1) is 17.4. The fourth-order valence-electron chi connectivity index (χ4n) is 3.99. The van der Waals surface area contributed by atoms with E-state index in [1.807, 2.05) is 0 Å². The van der Waals surface area contributed by atoms with E-state index in [1.165, 1.54) is 25.5 Å². The van der Waals surface area contributed by atoms with Crippen molar-refractivity contribution in [2.75, 3.05) is 25.2 Å². The van der Waals surface area contributed by atoms with Crippen molar-refractivity contribution >= 4 is 36.5 Å². The van der Waals surface area contributed by atoms with Gasteiger partial charge in [0.1, 0.15) is 41.1 Å². The highest BCUT2D eigenvalue weighted by molar-refractivity contribution is 7.52. The van der Waals surface area contributed by atoms with Crippen molar-refractivity contribution in [1.29, 1.82) is 0 Å². The van der Waals surface area contributed by atoms with E-state index in [-0.39, 0.29) is 23.2 Å². The Labute approximate surface area is 212 Å². The number of nitrogens with zero attached hydrogens (tertiary/aromatic N) is 3. The summed E-state index contributed by atoms with van der Waals surface area (Å²) in [6, 6.07) is 8.76. The van der Waals surface area contributed by atoms with E-state index in [4.69, 9.17) is 25.3 Å². The molecule has 0 aliphatic carbocycles. The molecule has 2 aromatic heterocycles. The van der Waals surface area contributed by atoms with Crippen LogP contribution in [0, 0.1) is 0 Å². The molecule has 3 aromatic rings. The van der Waals surface area contributed by atoms with Gasteiger partial charge in [0.15, 0.2) is 6.23 Å². The van der Waals surface area contributed by atoms with Crippen molar-refractivity contribution in [3.8, 4) is 5.75 Å². The number of fused-ring (bicyclic) bond motifs is 1. The molecule has 3 heterocycles. The number of para-hydroxylation sites is 1. The van der Waals surface area contributed by atoms with Crippen LogP contribution >= 0.6 is 7.75 Å². The number of benzene rings is 1. The number of nitrogen functional groups attached to an aromatic ring is 2. The predicted octanol–water partition coefficient (Wildman–Crippen LogP) is 0.960. The normalized spacial score (nSPS) is 26.0. The van der Waals surface area contributed by atoms with Crippen LogP contribution in [0.25, 0.3) is 11.0 Å². The summed E-state index contributed by atoms with van der Waals surface area (Å²) in [5.74, 6) is -0.417. The fourth-order valence-corrected chi connectivity index (χ4v) is 5.49. The lowest BCUT2D eigenvalue weighted by Gasteiger charge is -2.27. The number of anilines is 2. The number of ether oxygens (including phenoxy) is 2. The van der Waals surface area contributed by atoms with Gasteiger partial charge < -0.3 is 40.2 Å². The van der Waals surface area contributed by atoms with Gasteiger partial charge in [-0.3, -0.25) is 9.32 Å². The van der Waals surface area contributed by atoms with Gasteiger partial charge in [0.05, 0.1) is 19.1 Å². The lowest BCUT2D eigenvalue weighted by atomic mass is 9.96. The fraction of sp³-hybridized carbons (Fsp3) is 0.409. The average molecular weight is 536 g/mol. The summed E-state index contributed by atoms with van der Waals surface area (Å²) in [4.78, 5) is 20.0. The van der Waals surface area contributed by atoms with Gasteiger partial charge in [-0.1, -0.05) is 18.2 Å². The maximum atomic E-state index is 13.6. The molecule has 6 atom stereocenters. The van der Waals surface area contributed by atoms with Crippen LogP contribution in [0.1, 0.15) is 20.1 Å². The number of aliphatic hydroxyl groups is 2. The number of nitrogens with one attached hydrogen (secondary N) is 1. The topological polar surface area (TPSA) is 206 Å². The molecule has 15 heteroatoms. The zero-order valence-corrected chi connectivity index (χ0v) is 21.2. The Kier molecular flexibility index (Phi) is 7.42. The van der Waals surface area contributed by atoms with Gasteiger partial charge in [-0.05, 0) is 32.0 Å². The molecule has 14 nitrogen and oxygen atoms in total. The van der Waals surface area contributed by atoms with Gasteiger partial charge in [0.25, 0.3) is 0 Å². The van der Waals surface area contributed by atoms with Crippen molar-refractivity contribution in [3.05, 3.63) is 42.6 Å². The summed E-state index contributed by atoms with van der Waals surface area (Å²) in [5.41, 5.74) is 10.1. The molecule has 1 aliphatic heterocycles. The molecule has 1 aliphatic rings. The molecular formula is C22H29N6O8P. The third-order valence-electron chi connectivity index (χ3n) is 5.91. The van der Waals surface area contributed by atoms with Gasteiger partial charge in [0, 0.05) is 6.20 Å². The second-order valence-electron chi connectivity index (χ2n) is 8.70. The SMILES string of the molecule is COC(=O)C(C)NP(=O)(OCC1OC(n2ccc3c(N)nc(N)nc32)C(C)(O)C1O)Oc1ccccc1. The van der Waals surface area contributed by atoms with Crippen LogP contribution in [0.5, 0.6) is 5.75 Å². The number of carbonyl (C=O) groups is 1. The number of esters is 1. The Balaban J connectivity index is 1.56. The first-order valence-corrected chi connectivity index (χ1v) is 12.8. The highest BCUT2D eigenvalue weighted by Crippen LogP contribution is 2.47. The highest BCUT2D eigenvalue weighted by atomic mass is 31.2. The van der Waals surface area contributed by atoms with Crippen molar-refractivity contribution in [2.45, 2.75) is 43.9 Å². The number of aliphatic hydroxyl groups excluding tert-OH is 1. The first-order valence-electron chi connectivity index (χ1n) is 11.3. The monoisotopic (exact) mass is 536 g/mol. The lowest BCUT2D eigenvalue weighted by molar-refractivity contribution is -0.142. The molecule has 0 radical (unpaired) electrons. The van der Waals surface area contributed by atoms with Gasteiger partial charge in [-0.25, -0.2) is 4.57 Å². The Morgan fingerprint density at radius 2 is 2.00 bits per heavy atom. The van der Waals surface area contributed by atoms with E-state index in [0.29, 0.717) is 5.39 Å². The number of methoxy groups -OCH3 is 1. The minimum atomic E-state index is -4.20. The van der Waals surface area contributed by atoms with Crippen molar-refractivity contribution in [1.82, 2.24) is 19.6 Å². The number of hydrogen-bond acceptors (Lipinski definition) is 12. The molecule has 4 rings (SSSR count). The predicted molar refractivity (Wildman–Crippen MR) is 132 cm³/mol. The van der Waals surface area contributed by atoms with Crippen LogP contribution in [0.15, 0.2) is 42.6 Å². The van der Waals surface area contributed by atoms with Crippen molar-refractivity contribution in [2.24, 2.45) is 0 Å². The molecule has 0 spiro atoms. The third-order valence-corrected chi connectivity index (χ3v) is 7.55. The standard InChI is InChI=1S/C22H29N6O8P/c1-12(19(30)33-3)27-37(32,36-13-7-5-4-6-8-13)34-11-15-16(29)22(2,31)20(35-15)28-10-9-14-17(23)25-21(24)26-18(14)28/h4-10,12,15-16,20,29,31H,11H2,1-3H3,(H,27,32)(H4,23,24,25,26). The van der Waals surface area contributed by atoms with Gasteiger partial charge in [0.2, 0.25) is 5.95 Å². The molecule has 7 N–H and O–H groups in total. The van der Waals surface area contributed by atoms with Crippen LogP contribution in [-0.4, -0.2) is 68.3 Å². The Bertz CT molecular complexity index is 1320. The van der Waals surface area contributed by atoms with Crippen LogP contribution < -0.4 is 21.1 Å².